The van der Waals surface area contributed by atoms with Crippen molar-refractivity contribution in [1.29, 1.82) is 0 Å². The van der Waals surface area contributed by atoms with Crippen molar-refractivity contribution in [1.82, 2.24) is 14.7 Å². The molecule has 0 N–H and O–H groups in total. The maximum Gasteiger partial charge on any atom is 0.262 e. The molecule has 1 atom stereocenters. The molecule has 1 aromatic carbocycles. The zero-order valence-electron chi connectivity index (χ0n) is 13.4. The van der Waals surface area contributed by atoms with Crippen LogP contribution in [-0.2, 0) is 5.75 Å². The van der Waals surface area contributed by atoms with Crippen LogP contribution in [0.3, 0.4) is 0 Å². The molecule has 0 radical (unpaired) electrons. The van der Waals surface area contributed by atoms with E-state index >= 15 is 0 Å². The molecular weight excluding hydrogens is 310 g/mol. The lowest BCUT2D eigenvalue weighted by atomic mass is 10.2. The normalized spacial score (nSPS) is 12.7. The van der Waals surface area contributed by atoms with Gasteiger partial charge in [-0.2, -0.15) is 0 Å². The lowest BCUT2D eigenvalue weighted by Gasteiger charge is -2.17. The summed E-state index contributed by atoms with van der Waals surface area (Å²) in [6, 6.07) is 9.48. The predicted molar refractivity (Wildman–Crippen MR) is 91.8 cm³/mol. The Labute approximate surface area is 138 Å². The highest BCUT2D eigenvalue weighted by atomic mass is 32.2. The van der Waals surface area contributed by atoms with Gasteiger partial charge in [0.15, 0.2) is 5.16 Å². The average Bonchev–Trinajstić information content (AvgIpc) is 2.98. The fraction of sp³-hybridized carbons (Fsp3) is 0.353. The van der Waals surface area contributed by atoms with E-state index in [0.717, 1.165) is 28.5 Å². The van der Waals surface area contributed by atoms with E-state index in [0.29, 0.717) is 11.1 Å². The lowest BCUT2D eigenvalue weighted by Crippen LogP contribution is -2.26. The summed E-state index contributed by atoms with van der Waals surface area (Å²) in [5.74, 6) is 1.41. The number of rotatable bonds is 5. The Morgan fingerprint density at radius 3 is 2.83 bits per heavy atom. The molecule has 3 aromatic rings. The van der Waals surface area contributed by atoms with Crippen LogP contribution in [0, 0.1) is 6.92 Å². The minimum Gasteiger partial charge on any atom is -0.361 e. The number of benzene rings is 1. The first kappa shape index (κ1) is 15.8. The van der Waals surface area contributed by atoms with Crippen molar-refractivity contribution in [3.05, 3.63) is 52.1 Å². The number of aromatic nitrogens is 3. The maximum atomic E-state index is 12.8. The highest BCUT2D eigenvalue weighted by molar-refractivity contribution is 7.98. The van der Waals surface area contributed by atoms with Crippen LogP contribution in [0.1, 0.15) is 37.8 Å². The Kier molecular flexibility index (Phi) is 4.52. The molecule has 5 nitrogen and oxygen atoms in total. The molecule has 0 spiro atoms. The molecule has 23 heavy (non-hydrogen) atoms. The van der Waals surface area contributed by atoms with Gasteiger partial charge in [0.25, 0.3) is 5.56 Å². The first-order valence-corrected chi connectivity index (χ1v) is 8.65. The van der Waals surface area contributed by atoms with Crippen LogP contribution in [0.2, 0.25) is 0 Å². The summed E-state index contributed by atoms with van der Waals surface area (Å²) in [5, 5.41) is 5.39. The van der Waals surface area contributed by atoms with Crippen LogP contribution in [0.5, 0.6) is 0 Å². The number of hydrogen-bond acceptors (Lipinski definition) is 5. The Hall–Kier alpha value is -2.08. The second kappa shape index (κ2) is 6.58. The molecule has 0 bridgehead atoms. The molecule has 3 rings (SSSR count). The summed E-state index contributed by atoms with van der Waals surface area (Å²) in [6.45, 7) is 5.98. The van der Waals surface area contributed by atoms with E-state index in [-0.39, 0.29) is 11.6 Å². The second-order valence-electron chi connectivity index (χ2n) is 5.56. The zero-order valence-corrected chi connectivity index (χ0v) is 14.3. The SMILES string of the molecule is CC[C@@H](C)n1c(SCc2cc(C)on2)nc2ccccc2c1=O. The highest BCUT2D eigenvalue weighted by Gasteiger charge is 2.16. The molecule has 0 saturated heterocycles. The van der Waals surface area contributed by atoms with E-state index in [1.54, 1.807) is 4.57 Å². The standard InChI is InChI=1S/C17H19N3O2S/c1-4-11(2)20-16(21)14-7-5-6-8-15(14)18-17(20)23-10-13-9-12(3)22-19-13/h5-9,11H,4,10H2,1-3H3/t11-/m1/s1. The number of aryl methyl sites for hydroxylation is 1. The van der Waals surface area contributed by atoms with Crippen LogP contribution >= 0.6 is 11.8 Å². The third kappa shape index (κ3) is 3.17. The largest absolute Gasteiger partial charge is 0.361 e. The van der Waals surface area contributed by atoms with Gasteiger partial charge in [-0.05, 0) is 32.4 Å². The van der Waals surface area contributed by atoms with E-state index in [2.05, 4.69) is 12.1 Å². The minimum atomic E-state index is 0.0174. The molecule has 2 aromatic heterocycles. The molecule has 0 fully saturated rings. The summed E-state index contributed by atoms with van der Waals surface area (Å²) in [5.41, 5.74) is 1.60. The van der Waals surface area contributed by atoms with Crippen LogP contribution in [0.4, 0.5) is 0 Å². The predicted octanol–water partition coefficient (Wildman–Crippen LogP) is 3.96. The van der Waals surface area contributed by atoms with Crippen LogP contribution in [0.15, 0.2) is 44.8 Å². The van der Waals surface area contributed by atoms with Gasteiger partial charge in [-0.1, -0.05) is 36.0 Å². The first-order chi connectivity index (χ1) is 11.1. The number of hydrogen-bond donors (Lipinski definition) is 0. The van der Waals surface area contributed by atoms with Crippen molar-refractivity contribution in [3.8, 4) is 0 Å². The third-order valence-corrected chi connectivity index (χ3v) is 4.82. The molecule has 0 aliphatic carbocycles. The highest BCUT2D eigenvalue weighted by Crippen LogP contribution is 2.25. The second-order valence-corrected chi connectivity index (χ2v) is 6.50. The van der Waals surface area contributed by atoms with E-state index in [4.69, 9.17) is 9.51 Å². The molecule has 6 heteroatoms. The van der Waals surface area contributed by atoms with Gasteiger partial charge in [-0.25, -0.2) is 4.98 Å². The summed E-state index contributed by atoms with van der Waals surface area (Å²) < 4.78 is 6.89. The van der Waals surface area contributed by atoms with Crippen molar-refractivity contribution < 1.29 is 4.52 Å². The first-order valence-electron chi connectivity index (χ1n) is 7.66. The van der Waals surface area contributed by atoms with Gasteiger partial charge in [-0.3, -0.25) is 9.36 Å². The quantitative estimate of drug-likeness (QED) is 0.524. The topological polar surface area (TPSA) is 60.9 Å². The summed E-state index contributed by atoms with van der Waals surface area (Å²) in [7, 11) is 0. The van der Waals surface area contributed by atoms with Gasteiger partial charge in [0, 0.05) is 17.9 Å². The van der Waals surface area contributed by atoms with E-state index in [9.17, 15) is 4.79 Å². The lowest BCUT2D eigenvalue weighted by molar-refractivity contribution is 0.393. The van der Waals surface area contributed by atoms with Gasteiger partial charge in [0.2, 0.25) is 0 Å². The summed E-state index contributed by atoms with van der Waals surface area (Å²) >= 11 is 1.52. The Morgan fingerprint density at radius 2 is 2.13 bits per heavy atom. The summed E-state index contributed by atoms with van der Waals surface area (Å²) in [4.78, 5) is 17.5. The van der Waals surface area contributed by atoms with E-state index in [1.165, 1.54) is 11.8 Å². The van der Waals surface area contributed by atoms with Crippen molar-refractivity contribution >= 4 is 22.7 Å². The number of fused-ring (bicyclic) bond motifs is 1. The van der Waals surface area contributed by atoms with Gasteiger partial charge in [0.05, 0.1) is 16.6 Å². The smallest absolute Gasteiger partial charge is 0.262 e. The van der Waals surface area contributed by atoms with Gasteiger partial charge < -0.3 is 4.52 Å². The Balaban J connectivity index is 2.04. The molecule has 0 amide bonds. The molecule has 120 valence electrons. The van der Waals surface area contributed by atoms with Gasteiger partial charge >= 0.3 is 0 Å². The van der Waals surface area contributed by atoms with Crippen molar-refractivity contribution in [2.75, 3.05) is 0 Å². The molecule has 0 unspecified atom stereocenters. The summed E-state index contributed by atoms with van der Waals surface area (Å²) in [6.07, 6.45) is 0.872. The molecule has 2 heterocycles. The van der Waals surface area contributed by atoms with Crippen molar-refractivity contribution in [2.45, 2.75) is 44.1 Å². The molecular formula is C17H19N3O2S. The Morgan fingerprint density at radius 1 is 1.35 bits per heavy atom. The number of para-hydroxylation sites is 1. The van der Waals surface area contributed by atoms with Crippen LogP contribution < -0.4 is 5.56 Å². The van der Waals surface area contributed by atoms with E-state index < -0.39 is 0 Å². The number of thioether (sulfide) groups is 1. The minimum absolute atomic E-state index is 0.0174. The fourth-order valence-corrected chi connectivity index (χ4v) is 3.40. The maximum absolute atomic E-state index is 12.8. The van der Waals surface area contributed by atoms with Gasteiger partial charge in [0.1, 0.15) is 5.76 Å². The van der Waals surface area contributed by atoms with E-state index in [1.807, 2.05) is 44.2 Å². The van der Waals surface area contributed by atoms with Crippen molar-refractivity contribution in [2.24, 2.45) is 0 Å². The molecule has 0 aliphatic heterocycles. The van der Waals surface area contributed by atoms with Crippen LogP contribution in [0.25, 0.3) is 10.9 Å². The molecule has 0 saturated carbocycles. The average molecular weight is 329 g/mol. The molecule has 0 aliphatic rings. The third-order valence-electron chi connectivity index (χ3n) is 3.83. The van der Waals surface area contributed by atoms with Crippen molar-refractivity contribution in [3.63, 3.8) is 0 Å². The zero-order chi connectivity index (χ0) is 16.4. The van der Waals surface area contributed by atoms with Gasteiger partial charge in [-0.15, -0.1) is 0 Å². The van der Waals surface area contributed by atoms with Crippen LogP contribution in [-0.4, -0.2) is 14.7 Å². The Bertz CT molecular complexity index is 885. The number of nitrogens with zero attached hydrogens (tertiary/aromatic N) is 3. The fourth-order valence-electron chi connectivity index (χ4n) is 2.42. The monoisotopic (exact) mass is 329 g/mol.